The molecule has 16 heavy (non-hydrogen) atoms. The Bertz CT molecular complexity index is 396. The molecule has 2 N–H and O–H groups in total. The molecule has 0 atom stereocenters. The van der Waals surface area contributed by atoms with E-state index in [-0.39, 0.29) is 18.7 Å². The lowest BCUT2D eigenvalue weighted by atomic mass is 10.1. The van der Waals surface area contributed by atoms with E-state index in [4.69, 9.17) is 5.11 Å². The molecule has 0 aliphatic carbocycles. The Morgan fingerprint density at radius 2 is 1.94 bits per heavy atom. The number of hydrogen-bond donors (Lipinski definition) is 2. The van der Waals surface area contributed by atoms with Crippen LogP contribution in [0.3, 0.4) is 0 Å². The highest BCUT2D eigenvalue weighted by Gasteiger charge is 2.15. The van der Waals surface area contributed by atoms with Crippen molar-refractivity contribution in [3.8, 4) is 0 Å². The number of rotatable bonds is 4. The zero-order valence-electron chi connectivity index (χ0n) is 8.27. The minimum absolute atomic E-state index is 0.0319. The van der Waals surface area contributed by atoms with Crippen molar-refractivity contribution in [2.45, 2.75) is 6.42 Å². The van der Waals surface area contributed by atoms with Crippen LogP contribution in [0, 0.1) is 17.5 Å². The second-order valence-electron chi connectivity index (χ2n) is 3.08. The molecule has 0 saturated carbocycles. The van der Waals surface area contributed by atoms with Gasteiger partial charge in [0.05, 0.1) is 13.0 Å². The molecule has 0 heterocycles. The van der Waals surface area contributed by atoms with Crippen molar-refractivity contribution in [2.24, 2.45) is 0 Å². The number of carbonyl (C=O) groups excluding carboxylic acids is 1. The molecule has 0 aliphatic rings. The van der Waals surface area contributed by atoms with Crippen LogP contribution in [-0.4, -0.2) is 24.2 Å². The van der Waals surface area contributed by atoms with Crippen LogP contribution in [0.4, 0.5) is 13.2 Å². The molecule has 0 aliphatic heterocycles. The number of amides is 1. The largest absolute Gasteiger partial charge is 0.395 e. The van der Waals surface area contributed by atoms with Gasteiger partial charge in [0.25, 0.3) is 0 Å². The van der Waals surface area contributed by atoms with Crippen LogP contribution in [0.15, 0.2) is 12.1 Å². The summed E-state index contributed by atoms with van der Waals surface area (Å²) in [4.78, 5) is 11.1. The van der Waals surface area contributed by atoms with Crippen LogP contribution < -0.4 is 5.32 Å². The third-order valence-corrected chi connectivity index (χ3v) is 1.90. The predicted octanol–water partition coefficient (Wildman–Crippen LogP) is 0.755. The van der Waals surface area contributed by atoms with Gasteiger partial charge in [-0.05, 0) is 6.07 Å². The molecule has 3 nitrogen and oxygen atoms in total. The molecular formula is C10H10F3NO2. The van der Waals surface area contributed by atoms with Crippen LogP contribution in [0.2, 0.25) is 0 Å². The monoisotopic (exact) mass is 233 g/mol. The van der Waals surface area contributed by atoms with Gasteiger partial charge in [0.2, 0.25) is 5.91 Å². The van der Waals surface area contributed by atoms with E-state index in [1.165, 1.54) is 0 Å². The van der Waals surface area contributed by atoms with E-state index in [9.17, 15) is 18.0 Å². The van der Waals surface area contributed by atoms with E-state index < -0.39 is 29.8 Å². The van der Waals surface area contributed by atoms with Crippen molar-refractivity contribution in [3.05, 3.63) is 35.1 Å². The van der Waals surface area contributed by atoms with Gasteiger partial charge < -0.3 is 10.4 Å². The number of benzene rings is 1. The number of halogens is 3. The highest BCUT2D eigenvalue weighted by Crippen LogP contribution is 2.15. The Labute approximate surface area is 89.9 Å². The molecule has 0 spiro atoms. The number of aliphatic hydroxyl groups is 1. The molecule has 1 rings (SSSR count). The van der Waals surface area contributed by atoms with Gasteiger partial charge >= 0.3 is 0 Å². The van der Waals surface area contributed by atoms with E-state index >= 15 is 0 Å². The van der Waals surface area contributed by atoms with Crippen molar-refractivity contribution in [2.75, 3.05) is 13.2 Å². The van der Waals surface area contributed by atoms with Crippen molar-refractivity contribution in [3.63, 3.8) is 0 Å². The van der Waals surface area contributed by atoms with Gasteiger partial charge in [-0.1, -0.05) is 6.07 Å². The van der Waals surface area contributed by atoms with Crippen molar-refractivity contribution < 1.29 is 23.1 Å². The van der Waals surface area contributed by atoms with Crippen LogP contribution in [0.1, 0.15) is 5.56 Å². The molecule has 0 fully saturated rings. The minimum Gasteiger partial charge on any atom is -0.395 e. The lowest BCUT2D eigenvalue weighted by Gasteiger charge is -2.05. The summed E-state index contributed by atoms with van der Waals surface area (Å²) in [5, 5.41) is 10.7. The Hall–Kier alpha value is -1.56. The molecule has 0 unspecified atom stereocenters. The molecule has 0 saturated heterocycles. The first-order chi connectivity index (χ1) is 7.56. The fourth-order valence-corrected chi connectivity index (χ4v) is 1.13. The van der Waals surface area contributed by atoms with Gasteiger partial charge in [0.15, 0.2) is 17.5 Å². The zero-order valence-corrected chi connectivity index (χ0v) is 8.27. The molecule has 6 heteroatoms. The van der Waals surface area contributed by atoms with E-state index in [2.05, 4.69) is 5.32 Å². The lowest BCUT2D eigenvalue weighted by Crippen LogP contribution is -2.28. The maximum absolute atomic E-state index is 13.1. The van der Waals surface area contributed by atoms with Gasteiger partial charge in [-0.25, -0.2) is 13.2 Å². The van der Waals surface area contributed by atoms with Gasteiger partial charge in [0.1, 0.15) is 0 Å². The average molecular weight is 233 g/mol. The minimum atomic E-state index is -1.59. The van der Waals surface area contributed by atoms with Crippen molar-refractivity contribution in [1.29, 1.82) is 0 Å². The summed E-state index contributed by atoms with van der Waals surface area (Å²) in [6, 6.07) is 1.76. The predicted molar refractivity (Wildman–Crippen MR) is 50.1 cm³/mol. The highest BCUT2D eigenvalue weighted by atomic mass is 19.2. The van der Waals surface area contributed by atoms with E-state index in [0.29, 0.717) is 0 Å². The van der Waals surface area contributed by atoms with Gasteiger partial charge in [-0.15, -0.1) is 0 Å². The lowest BCUT2D eigenvalue weighted by molar-refractivity contribution is -0.120. The summed E-state index contributed by atoms with van der Waals surface area (Å²) in [5.74, 6) is -4.82. The fraction of sp³-hybridized carbons (Fsp3) is 0.300. The Balaban J connectivity index is 2.74. The van der Waals surface area contributed by atoms with E-state index in [1.807, 2.05) is 0 Å². The Kier molecular flexibility index (Phi) is 4.30. The zero-order chi connectivity index (χ0) is 12.1. The summed E-state index contributed by atoms with van der Waals surface area (Å²) in [7, 11) is 0. The summed E-state index contributed by atoms with van der Waals surface area (Å²) in [6.07, 6.45) is -0.400. The van der Waals surface area contributed by atoms with Gasteiger partial charge in [0, 0.05) is 12.1 Å². The Morgan fingerprint density at radius 3 is 2.56 bits per heavy atom. The first-order valence-corrected chi connectivity index (χ1v) is 4.56. The number of nitrogens with one attached hydrogen (secondary N) is 1. The standard InChI is InChI=1S/C10H10F3NO2/c11-7-2-1-6(9(12)10(7)13)5-8(16)14-3-4-15/h1-2,15H,3-5H2,(H,14,16). The summed E-state index contributed by atoms with van der Waals surface area (Å²) < 4.78 is 38.4. The normalized spacial score (nSPS) is 10.2. The molecular weight excluding hydrogens is 223 g/mol. The first kappa shape index (κ1) is 12.5. The molecule has 0 aromatic heterocycles. The maximum Gasteiger partial charge on any atom is 0.224 e. The number of carbonyl (C=O) groups is 1. The van der Waals surface area contributed by atoms with Gasteiger partial charge in [-0.3, -0.25) is 4.79 Å². The van der Waals surface area contributed by atoms with E-state index in [1.54, 1.807) is 0 Å². The number of aliphatic hydroxyl groups excluding tert-OH is 1. The summed E-state index contributed by atoms with van der Waals surface area (Å²) in [6.45, 7) is -0.212. The quantitative estimate of drug-likeness (QED) is 0.754. The molecule has 88 valence electrons. The SMILES string of the molecule is O=C(Cc1ccc(F)c(F)c1F)NCCO. The summed E-state index contributed by atoms with van der Waals surface area (Å²) in [5.41, 5.74) is -0.227. The smallest absolute Gasteiger partial charge is 0.224 e. The molecule has 1 aromatic carbocycles. The average Bonchev–Trinajstić information content (AvgIpc) is 2.27. The third-order valence-electron chi connectivity index (χ3n) is 1.90. The summed E-state index contributed by atoms with van der Waals surface area (Å²) >= 11 is 0. The molecule has 1 aromatic rings. The van der Waals surface area contributed by atoms with Crippen LogP contribution in [0.5, 0.6) is 0 Å². The first-order valence-electron chi connectivity index (χ1n) is 4.56. The molecule has 0 bridgehead atoms. The molecule has 0 radical (unpaired) electrons. The van der Waals surface area contributed by atoms with Crippen molar-refractivity contribution >= 4 is 5.91 Å². The topological polar surface area (TPSA) is 49.3 Å². The Morgan fingerprint density at radius 1 is 1.25 bits per heavy atom. The fourth-order valence-electron chi connectivity index (χ4n) is 1.13. The van der Waals surface area contributed by atoms with Crippen molar-refractivity contribution in [1.82, 2.24) is 5.32 Å². The second-order valence-corrected chi connectivity index (χ2v) is 3.08. The van der Waals surface area contributed by atoms with Crippen LogP contribution >= 0.6 is 0 Å². The highest BCUT2D eigenvalue weighted by molar-refractivity contribution is 5.78. The van der Waals surface area contributed by atoms with Crippen LogP contribution in [-0.2, 0) is 11.2 Å². The maximum atomic E-state index is 13.1. The van der Waals surface area contributed by atoms with Crippen LogP contribution in [0.25, 0.3) is 0 Å². The third kappa shape index (κ3) is 2.96. The second kappa shape index (κ2) is 5.50. The number of hydrogen-bond acceptors (Lipinski definition) is 2. The van der Waals surface area contributed by atoms with E-state index in [0.717, 1.165) is 12.1 Å². The van der Waals surface area contributed by atoms with Gasteiger partial charge in [-0.2, -0.15) is 0 Å². The molecule has 1 amide bonds.